The van der Waals surface area contributed by atoms with Gasteiger partial charge in [0.15, 0.2) is 9.84 Å². The van der Waals surface area contributed by atoms with Crippen molar-refractivity contribution >= 4 is 31.5 Å². The van der Waals surface area contributed by atoms with E-state index in [4.69, 9.17) is 0 Å². The van der Waals surface area contributed by atoms with Gasteiger partial charge in [-0.2, -0.15) is 0 Å². The molecule has 1 atom stereocenters. The van der Waals surface area contributed by atoms with E-state index in [2.05, 4.69) is 21.2 Å². The smallest absolute Gasteiger partial charge is 0.152 e. The summed E-state index contributed by atoms with van der Waals surface area (Å²) in [5.41, 5.74) is 0.338. The van der Waals surface area contributed by atoms with E-state index < -0.39 is 9.84 Å². The van der Waals surface area contributed by atoms with Gasteiger partial charge >= 0.3 is 0 Å². The van der Waals surface area contributed by atoms with Crippen LogP contribution in [0.1, 0.15) is 6.42 Å². The Morgan fingerprint density at radius 2 is 2.19 bits per heavy atom. The Kier molecular flexibility index (Phi) is 3.21. The van der Waals surface area contributed by atoms with Crippen LogP contribution in [0, 0.1) is 5.82 Å². The summed E-state index contributed by atoms with van der Waals surface area (Å²) in [6, 6.07) is 4.46. The zero-order chi connectivity index (χ0) is 11.8. The molecule has 0 aromatic heterocycles. The van der Waals surface area contributed by atoms with Gasteiger partial charge in [0.05, 0.1) is 17.2 Å². The van der Waals surface area contributed by atoms with Gasteiger partial charge in [-0.25, -0.2) is 12.8 Å². The Bertz CT molecular complexity index is 483. The first-order chi connectivity index (χ1) is 7.48. The minimum atomic E-state index is -2.94. The van der Waals surface area contributed by atoms with Crippen LogP contribution in [-0.4, -0.2) is 26.0 Å². The number of hydrogen-bond donors (Lipinski definition) is 1. The van der Waals surface area contributed by atoms with Crippen molar-refractivity contribution in [2.45, 2.75) is 12.5 Å². The summed E-state index contributed by atoms with van der Waals surface area (Å²) in [4.78, 5) is 0. The standard InChI is InChI=1S/C10H11BrFNO2S/c11-8-2-1-3-9(12)10(8)13-7-4-5-16(14,15)6-7/h1-3,7,13H,4-6H2. The van der Waals surface area contributed by atoms with E-state index in [0.29, 0.717) is 16.6 Å². The predicted molar refractivity (Wildman–Crippen MR) is 64.8 cm³/mol. The fourth-order valence-electron chi connectivity index (χ4n) is 1.75. The molecule has 0 bridgehead atoms. The van der Waals surface area contributed by atoms with Crippen LogP contribution in [-0.2, 0) is 9.84 Å². The molecular weight excluding hydrogens is 297 g/mol. The number of hydrogen-bond acceptors (Lipinski definition) is 3. The zero-order valence-electron chi connectivity index (χ0n) is 8.41. The van der Waals surface area contributed by atoms with Crippen LogP contribution in [0.25, 0.3) is 0 Å². The van der Waals surface area contributed by atoms with Crippen LogP contribution >= 0.6 is 15.9 Å². The Labute approximate surface area is 102 Å². The van der Waals surface area contributed by atoms with Crippen LogP contribution in [0.5, 0.6) is 0 Å². The number of nitrogens with one attached hydrogen (secondary N) is 1. The molecule has 1 aliphatic heterocycles. The van der Waals surface area contributed by atoms with Gasteiger partial charge in [-0.1, -0.05) is 6.07 Å². The van der Waals surface area contributed by atoms with Gasteiger partial charge in [-0.3, -0.25) is 0 Å². The monoisotopic (exact) mass is 307 g/mol. The highest BCUT2D eigenvalue weighted by atomic mass is 79.9. The molecule has 2 rings (SSSR count). The first-order valence-electron chi connectivity index (χ1n) is 4.89. The van der Waals surface area contributed by atoms with E-state index >= 15 is 0 Å². The number of para-hydroxylation sites is 1. The quantitative estimate of drug-likeness (QED) is 0.911. The van der Waals surface area contributed by atoms with Gasteiger partial charge in [0, 0.05) is 10.5 Å². The highest BCUT2D eigenvalue weighted by Gasteiger charge is 2.28. The molecule has 1 aliphatic rings. The molecule has 1 N–H and O–H groups in total. The molecule has 1 heterocycles. The third-order valence-corrected chi connectivity index (χ3v) is 4.97. The minimum Gasteiger partial charge on any atom is -0.378 e. The highest BCUT2D eigenvalue weighted by molar-refractivity contribution is 9.10. The van der Waals surface area contributed by atoms with Crippen LogP contribution in [0.4, 0.5) is 10.1 Å². The van der Waals surface area contributed by atoms with Crippen LogP contribution < -0.4 is 5.32 Å². The highest BCUT2D eigenvalue weighted by Crippen LogP contribution is 2.27. The van der Waals surface area contributed by atoms with E-state index in [1.807, 2.05) is 0 Å². The number of halogens is 2. The van der Waals surface area contributed by atoms with E-state index in [1.165, 1.54) is 6.07 Å². The summed E-state index contributed by atoms with van der Waals surface area (Å²) in [6.07, 6.45) is 0.531. The summed E-state index contributed by atoms with van der Waals surface area (Å²) < 4.78 is 36.6. The molecular formula is C10H11BrFNO2S. The van der Waals surface area contributed by atoms with Gasteiger partial charge in [0.1, 0.15) is 5.82 Å². The molecule has 1 aromatic carbocycles. The van der Waals surface area contributed by atoms with E-state index in [-0.39, 0.29) is 23.4 Å². The Balaban J connectivity index is 2.16. The third-order valence-electron chi connectivity index (χ3n) is 2.54. The minimum absolute atomic E-state index is 0.0772. The lowest BCUT2D eigenvalue weighted by Gasteiger charge is -2.14. The molecule has 0 spiro atoms. The summed E-state index contributed by atoms with van der Waals surface area (Å²) in [5, 5.41) is 2.93. The molecule has 0 radical (unpaired) electrons. The summed E-state index contributed by atoms with van der Waals surface area (Å²) in [6.45, 7) is 0. The molecule has 1 aromatic rings. The Hall–Kier alpha value is -0.620. The first kappa shape index (κ1) is 11.9. The van der Waals surface area contributed by atoms with E-state index in [9.17, 15) is 12.8 Å². The fraction of sp³-hybridized carbons (Fsp3) is 0.400. The molecule has 0 aliphatic carbocycles. The molecule has 3 nitrogen and oxygen atoms in total. The van der Waals surface area contributed by atoms with Crippen LogP contribution in [0.3, 0.4) is 0 Å². The molecule has 88 valence electrons. The van der Waals surface area contributed by atoms with E-state index in [1.54, 1.807) is 12.1 Å². The molecule has 1 fully saturated rings. The maximum Gasteiger partial charge on any atom is 0.152 e. The topological polar surface area (TPSA) is 46.2 Å². The third kappa shape index (κ3) is 2.55. The maximum atomic E-state index is 13.5. The number of rotatable bonds is 2. The van der Waals surface area contributed by atoms with Gasteiger partial charge in [-0.15, -0.1) is 0 Å². The van der Waals surface area contributed by atoms with Crippen molar-refractivity contribution < 1.29 is 12.8 Å². The van der Waals surface area contributed by atoms with Gasteiger partial charge < -0.3 is 5.32 Å². The van der Waals surface area contributed by atoms with Crippen molar-refractivity contribution in [1.82, 2.24) is 0 Å². The number of anilines is 1. The Morgan fingerprint density at radius 1 is 1.44 bits per heavy atom. The predicted octanol–water partition coefficient (Wildman–Crippen LogP) is 2.19. The van der Waals surface area contributed by atoms with Gasteiger partial charge in [-0.05, 0) is 34.5 Å². The summed E-state index contributed by atoms with van der Waals surface area (Å²) >= 11 is 3.23. The van der Waals surface area contributed by atoms with Crippen molar-refractivity contribution in [3.63, 3.8) is 0 Å². The summed E-state index contributed by atoms with van der Waals surface area (Å²) in [7, 11) is -2.94. The van der Waals surface area contributed by atoms with Crippen LogP contribution in [0.2, 0.25) is 0 Å². The number of benzene rings is 1. The van der Waals surface area contributed by atoms with Crippen molar-refractivity contribution in [2.75, 3.05) is 16.8 Å². The Morgan fingerprint density at radius 3 is 2.75 bits per heavy atom. The van der Waals surface area contributed by atoms with E-state index in [0.717, 1.165) is 0 Å². The van der Waals surface area contributed by atoms with Crippen molar-refractivity contribution in [2.24, 2.45) is 0 Å². The van der Waals surface area contributed by atoms with Gasteiger partial charge in [0.2, 0.25) is 0 Å². The molecule has 6 heteroatoms. The van der Waals surface area contributed by atoms with Crippen molar-refractivity contribution in [3.05, 3.63) is 28.5 Å². The van der Waals surface area contributed by atoms with Crippen LogP contribution in [0.15, 0.2) is 22.7 Å². The molecule has 0 saturated carbocycles. The lowest BCUT2D eigenvalue weighted by molar-refractivity contribution is 0.601. The average Bonchev–Trinajstić information content (AvgIpc) is 2.52. The SMILES string of the molecule is O=S1(=O)CCC(Nc2c(F)cccc2Br)C1. The number of sulfone groups is 1. The average molecular weight is 308 g/mol. The maximum absolute atomic E-state index is 13.5. The second kappa shape index (κ2) is 4.33. The lowest BCUT2D eigenvalue weighted by Crippen LogP contribution is -2.21. The second-order valence-electron chi connectivity index (χ2n) is 3.84. The molecule has 16 heavy (non-hydrogen) atoms. The molecule has 1 unspecified atom stereocenters. The fourth-order valence-corrected chi connectivity index (χ4v) is 3.88. The zero-order valence-corrected chi connectivity index (χ0v) is 10.8. The van der Waals surface area contributed by atoms with Gasteiger partial charge in [0.25, 0.3) is 0 Å². The first-order valence-corrected chi connectivity index (χ1v) is 7.50. The second-order valence-corrected chi connectivity index (χ2v) is 6.92. The largest absolute Gasteiger partial charge is 0.378 e. The normalized spacial score (nSPS) is 23.2. The lowest BCUT2D eigenvalue weighted by atomic mass is 10.2. The summed E-state index contributed by atoms with van der Waals surface area (Å²) in [5.74, 6) is -0.122. The molecule has 1 saturated heterocycles. The van der Waals surface area contributed by atoms with Crippen molar-refractivity contribution in [1.29, 1.82) is 0 Å². The van der Waals surface area contributed by atoms with Crippen molar-refractivity contribution in [3.8, 4) is 0 Å². The molecule has 0 amide bonds.